The quantitative estimate of drug-likeness (QED) is 0.362. The number of ether oxygens (including phenoxy) is 4. The Morgan fingerprint density at radius 2 is 1.74 bits per heavy atom. The molecule has 31 heavy (non-hydrogen) atoms. The molecular weight excluding hydrogens is 414 g/mol. The average Bonchev–Trinajstić information content (AvgIpc) is 2.79. The highest BCUT2D eigenvalue weighted by atomic mass is 16.6. The average molecular weight is 431 g/mol. The van der Waals surface area contributed by atoms with Crippen molar-refractivity contribution in [3.8, 4) is 17.2 Å². The van der Waals surface area contributed by atoms with E-state index in [2.05, 4.69) is 10.9 Å². The van der Waals surface area contributed by atoms with E-state index in [1.807, 2.05) is 0 Å². The third kappa shape index (κ3) is 5.82. The van der Waals surface area contributed by atoms with Crippen LogP contribution in [0.3, 0.4) is 0 Å². The summed E-state index contributed by atoms with van der Waals surface area (Å²) in [5, 5.41) is 10.9. The van der Waals surface area contributed by atoms with Crippen molar-refractivity contribution in [3.63, 3.8) is 0 Å². The molecule has 1 aliphatic heterocycles. The summed E-state index contributed by atoms with van der Waals surface area (Å²) in [6.07, 6.45) is -0.979. The van der Waals surface area contributed by atoms with Crippen LogP contribution in [-0.4, -0.2) is 48.6 Å². The van der Waals surface area contributed by atoms with Crippen molar-refractivity contribution in [1.82, 2.24) is 10.9 Å². The molecule has 2 aromatic rings. The maximum Gasteiger partial charge on any atom is 0.344 e. The number of benzene rings is 2. The smallest absolute Gasteiger partial charge is 0.344 e. The predicted octanol–water partition coefficient (Wildman–Crippen LogP) is 0.504. The van der Waals surface area contributed by atoms with E-state index >= 15 is 0 Å². The monoisotopic (exact) mass is 431 g/mol. The lowest BCUT2D eigenvalue weighted by Crippen LogP contribution is -2.51. The number of hydrogen-bond donors (Lipinski definition) is 2. The largest absolute Gasteiger partial charge is 0.485 e. The number of esters is 1. The number of nitrogens with zero attached hydrogens (tertiary/aromatic N) is 1. The maximum atomic E-state index is 12.1. The Hall–Kier alpha value is -4.35. The number of carbonyl (C=O) groups is 3. The molecule has 12 heteroatoms. The molecule has 12 nitrogen and oxygen atoms in total. The van der Waals surface area contributed by atoms with Crippen molar-refractivity contribution in [2.45, 2.75) is 6.10 Å². The van der Waals surface area contributed by atoms with E-state index in [0.717, 1.165) is 0 Å². The first-order chi connectivity index (χ1) is 14.9. The molecule has 0 radical (unpaired) electrons. The number of amides is 2. The van der Waals surface area contributed by atoms with Gasteiger partial charge in [0.1, 0.15) is 6.61 Å². The molecule has 0 spiro atoms. The minimum atomic E-state index is -0.979. The van der Waals surface area contributed by atoms with Crippen LogP contribution >= 0.6 is 0 Å². The zero-order valence-corrected chi connectivity index (χ0v) is 15.9. The predicted molar refractivity (Wildman–Crippen MR) is 102 cm³/mol. The van der Waals surface area contributed by atoms with Crippen LogP contribution in [0, 0.1) is 10.1 Å². The van der Waals surface area contributed by atoms with Crippen molar-refractivity contribution < 1.29 is 38.3 Å². The molecule has 0 aromatic heterocycles. The molecule has 0 bridgehead atoms. The molecule has 3 rings (SSSR count). The summed E-state index contributed by atoms with van der Waals surface area (Å²) in [5.41, 5.74) is 3.91. The van der Waals surface area contributed by atoms with Crippen molar-refractivity contribution in [1.29, 1.82) is 0 Å². The fraction of sp³-hybridized carbons (Fsp3) is 0.211. The van der Waals surface area contributed by atoms with E-state index in [1.165, 1.54) is 24.3 Å². The van der Waals surface area contributed by atoms with Gasteiger partial charge in [-0.3, -0.25) is 30.6 Å². The second-order valence-electron chi connectivity index (χ2n) is 6.08. The number of para-hydroxylation sites is 4. The zero-order valence-electron chi connectivity index (χ0n) is 15.9. The lowest BCUT2D eigenvalue weighted by molar-refractivity contribution is -0.385. The maximum absolute atomic E-state index is 12.1. The highest BCUT2D eigenvalue weighted by molar-refractivity contribution is 5.86. The molecule has 2 N–H and O–H groups in total. The van der Waals surface area contributed by atoms with Crippen molar-refractivity contribution in [2.24, 2.45) is 0 Å². The van der Waals surface area contributed by atoms with E-state index in [1.54, 1.807) is 24.3 Å². The number of fused-ring (bicyclic) bond motifs is 1. The van der Waals surface area contributed by atoms with Crippen molar-refractivity contribution in [3.05, 3.63) is 58.6 Å². The second-order valence-corrected chi connectivity index (χ2v) is 6.08. The first-order valence-corrected chi connectivity index (χ1v) is 8.93. The van der Waals surface area contributed by atoms with Crippen LogP contribution < -0.4 is 25.1 Å². The highest BCUT2D eigenvalue weighted by Gasteiger charge is 2.27. The van der Waals surface area contributed by atoms with Gasteiger partial charge >= 0.3 is 11.7 Å². The number of nitro benzene ring substituents is 1. The zero-order chi connectivity index (χ0) is 22.2. The summed E-state index contributed by atoms with van der Waals surface area (Å²) >= 11 is 0. The standard InChI is InChI=1S/C19H17N3O9/c23-17(10-30-18(24)11-29-13-6-2-1-5-12(13)22(26)27)20-21-19(25)16-9-28-14-7-3-4-8-15(14)31-16/h1-8,16H,9-11H2,(H,20,23)(H,21,25). The Morgan fingerprint density at radius 3 is 2.52 bits per heavy atom. The van der Waals surface area contributed by atoms with Gasteiger partial charge in [0.15, 0.2) is 30.5 Å². The van der Waals surface area contributed by atoms with Crippen molar-refractivity contribution in [2.75, 3.05) is 19.8 Å². The van der Waals surface area contributed by atoms with E-state index in [0.29, 0.717) is 11.5 Å². The van der Waals surface area contributed by atoms with Crippen LogP contribution in [0.15, 0.2) is 48.5 Å². The number of nitro groups is 1. The van der Waals surface area contributed by atoms with Gasteiger partial charge in [-0.05, 0) is 18.2 Å². The van der Waals surface area contributed by atoms with Crippen LogP contribution in [0.4, 0.5) is 5.69 Å². The number of carbonyl (C=O) groups excluding carboxylic acids is 3. The number of nitrogens with one attached hydrogen (secondary N) is 2. The fourth-order valence-electron chi connectivity index (χ4n) is 2.45. The van der Waals surface area contributed by atoms with Gasteiger partial charge in [-0.1, -0.05) is 24.3 Å². The van der Waals surface area contributed by atoms with Gasteiger partial charge in [-0.2, -0.15) is 0 Å². The van der Waals surface area contributed by atoms with Crippen LogP contribution in [0.1, 0.15) is 0 Å². The molecule has 2 aromatic carbocycles. The van der Waals surface area contributed by atoms with Gasteiger partial charge in [-0.15, -0.1) is 0 Å². The van der Waals surface area contributed by atoms with E-state index in [9.17, 15) is 24.5 Å². The van der Waals surface area contributed by atoms with Gasteiger partial charge in [0.05, 0.1) is 4.92 Å². The van der Waals surface area contributed by atoms with Gasteiger partial charge in [0.2, 0.25) is 6.10 Å². The van der Waals surface area contributed by atoms with Crippen LogP contribution in [0.5, 0.6) is 17.2 Å². The molecule has 1 aliphatic rings. The Morgan fingerprint density at radius 1 is 1.03 bits per heavy atom. The third-order valence-corrected chi connectivity index (χ3v) is 3.90. The first kappa shape index (κ1) is 21.4. The summed E-state index contributed by atoms with van der Waals surface area (Å²) in [6, 6.07) is 12.3. The van der Waals surface area contributed by atoms with Gasteiger partial charge in [0, 0.05) is 6.07 Å². The Bertz CT molecular complexity index is 995. The fourth-order valence-corrected chi connectivity index (χ4v) is 2.45. The summed E-state index contributed by atoms with van der Waals surface area (Å²) in [7, 11) is 0. The molecule has 0 fully saturated rings. The lowest BCUT2D eigenvalue weighted by Gasteiger charge is -2.25. The summed E-state index contributed by atoms with van der Waals surface area (Å²) in [4.78, 5) is 45.7. The minimum absolute atomic E-state index is 0.0450. The topological polar surface area (TPSA) is 155 Å². The molecule has 0 aliphatic carbocycles. The molecule has 2 amide bonds. The molecule has 0 saturated carbocycles. The summed E-state index contributed by atoms with van der Waals surface area (Å²) in [5.74, 6) is -1.62. The molecule has 162 valence electrons. The molecule has 0 saturated heterocycles. The summed E-state index contributed by atoms with van der Waals surface area (Å²) in [6.45, 7) is -1.39. The SMILES string of the molecule is O=C(COC(=O)COc1ccccc1[N+](=O)[O-])NNC(=O)C1COc2ccccc2O1. The summed E-state index contributed by atoms with van der Waals surface area (Å²) < 4.78 is 20.6. The van der Waals surface area contributed by atoms with E-state index in [4.69, 9.17) is 18.9 Å². The van der Waals surface area contributed by atoms with Gasteiger partial charge in [0.25, 0.3) is 11.8 Å². The molecule has 1 unspecified atom stereocenters. The first-order valence-electron chi connectivity index (χ1n) is 8.93. The normalized spacial score (nSPS) is 14.1. The number of hydrogen-bond acceptors (Lipinski definition) is 9. The molecular formula is C19H17N3O9. The third-order valence-electron chi connectivity index (χ3n) is 3.90. The van der Waals surface area contributed by atoms with E-state index in [-0.39, 0.29) is 18.0 Å². The second kappa shape index (κ2) is 9.91. The van der Waals surface area contributed by atoms with E-state index < -0.39 is 42.0 Å². The number of hydrazine groups is 1. The van der Waals surface area contributed by atoms with Crippen LogP contribution in [0.25, 0.3) is 0 Å². The van der Waals surface area contributed by atoms with Gasteiger partial charge in [-0.25, -0.2) is 4.79 Å². The Balaban J connectivity index is 1.37. The Labute approximate surface area is 175 Å². The number of rotatable bonds is 7. The van der Waals surface area contributed by atoms with Crippen LogP contribution in [0.2, 0.25) is 0 Å². The van der Waals surface area contributed by atoms with Gasteiger partial charge < -0.3 is 18.9 Å². The van der Waals surface area contributed by atoms with Crippen molar-refractivity contribution >= 4 is 23.5 Å². The molecule has 1 heterocycles. The lowest BCUT2D eigenvalue weighted by atomic mass is 10.2. The van der Waals surface area contributed by atoms with Crippen LogP contribution in [-0.2, 0) is 19.1 Å². The highest BCUT2D eigenvalue weighted by Crippen LogP contribution is 2.30. The minimum Gasteiger partial charge on any atom is -0.485 e. The Kier molecular flexibility index (Phi) is 6.83. The molecule has 1 atom stereocenters.